The smallest absolute Gasteiger partial charge is 0.243 e. The molecule has 0 aliphatic heterocycles. The second-order valence-corrected chi connectivity index (χ2v) is 9.76. The Morgan fingerprint density at radius 3 is 1.97 bits per heavy atom. The SMILES string of the molecule is O=C(CN(Cc1c(Cl)cccc1Cl)S(=O)(=O)c1ccc(Cl)cc1)Nc1c(F)cccc1F. The van der Waals surface area contributed by atoms with Crippen LogP contribution in [-0.2, 0) is 21.4 Å². The lowest BCUT2D eigenvalue weighted by Crippen LogP contribution is -2.38. The Hall–Kier alpha value is -2.23. The van der Waals surface area contributed by atoms with E-state index < -0.39 is 39.8 Å². The first-order chi connectivity index (χ1) is 15.1. The first kappa shape index (κ1) is 24.4. The van der Waals surface area contributed by atoms with Crippen molar-refractivity contribution in [1.29, 1.82) is 0 Å². The number of halogens is 5. The number of carbonyl (C=O) groups is 1. The number of nitrogens with zero attached hydrogens (tertiary/aromatic N) is 1. The minimum Gasteiger partial charge on any atom is -0.320 e. The number of benzene rings is 3. The van der Waals surface area contributed by atoms with Gasteiger partial charge in [0, 0.05) is 27.2 Å². The zero-order valence-corrected chi connectivity index (χ0v) is 19.2. The molecule has 0 atom stereocenters. The van der Waals surface area contributed by atoms with Crippen LogP contribution in [0.4, 0.5) is 14.5 Å². The van der Waals surface area contributed by atoms with Crippen molar-refractivity contribution in [3.63, 3.8) is 0 Å². The lowest BCUT2D eigenvalue weighted by atomic mass is 10.2. The molecule has 0 bridgehead atoms. The van der Waals surface area contributed by atoms with Crippen LogP contribution in [0, 0.1) is 11.6 Å². The highest BCUT2D eigenvalue weighted by atomic mass is 35.5. The van der Waals surface area contributed by atoms with E-state index in [4.69, 9.17) is 34.8 Å². The van der Waals surface area contributed by atoms with E-state index in [0.717, 1.165) is 22.5 Å². The van der Waals surface area contributed by atoms with Crippen molar-refractivity contribution in [3.8, 4) is 0 Å². The normalized spacial score (nSPS) is 11.6. The van der Waals surface area contributed by atoms with Crippen LogP contribution in [0.25, 0.3) is 0 Å². The topological polar surface area (TPSA) is 66.5 Å². The quantitative estimate of drug-likeness (QED) is 0.432. The Labute approximate surface area is 198 Å². The van der Waals surface area contributed by atoms with E-state index >= 15 is 0 Å². The van der Waals surface area contributed by atoms with Crippen LogP contribution < -0.4 is 5.32 Å². The highest BCUT2D eigenvalue weighted by molar-refractivity contribution is 7.89. The van der Waals surface area contributed by atoms with Gasteiger partial charge in [-0.05, 0) is 48.5 Å². The third-order valence-corrected chi connectivity index (χ3v) is 7.16. The zero-order valence-electron chi connectivity index (χ0n) is 16.2. The van der Waals surface area contributed by atoms with Crippen molar-refractivity contribution in [2.45, 2.75) is 11.4 Å². The maximum atomic E-state index is 13.9. The Morgan fingerprint density at radius 1 is 0.875 bits per heavy atom. The van der Waals surface area contributed by atoms with E-state index in [1.807, 2.05) is 0 Å². The maximum absolute atomic E-state index is 13.9. The Morgan fingerprint density at radius 2 is 1.41 bits per heavy atom. The number of hydrogen-bond donors (Lipinski definition) is 1. The highest BCUT2D eigenvalue weighted by Gasteiger charge is 2.29. The van der Waals surface area contributed by atoms with Crippen molar-refractivity contribution < 1.29 is 22.0 Å². The van der Waals surface area contributed by atoms with E-state index in [1.54, 1.807) is 6.07 Å². The summed E-state index contributed by atoms with van der Waals surface area (Å²) >= 11 is 18.2. The van der Waals surface area contributed by atoms with Crippen LogP contribution in [0.2, 0.25) is 15.1 Å². The van der Waals surface area contributed by atoms with Gasteiger partial charge in [0.2, 0.25) is 15.9 Å². The van der Waals surface area contributed by atoms with Crippen LogP contribution in [0.1, 0.15) is 5.56 Å². The zero-order chi connectivity index (χ0) is 23.5. The van der Waals surface area contributed by atoms with Crippen LogP contribution in [0.3, 0.4) is 0 Å². The molecule has 5 nitrogen and oxygen atoms in total. The summed E-state index contributed by atoms with van der Waals surface area (Å²) in [6, 6.07) is 13.0. The molecule has 0 heterocycles. The van der Waals surface area contributed by atoms with Crippen LogP contribution >= 0.6 is 34.8 Å². The number of hydrogen-bond acceptors (Lipinski definition) is 3. The Kier molecular flexibility index (Phi) is 7.74. The predicted octanol–water partition coefficient (Wildman–Crippen LogP) is 5.75. The predicted molar refractivity (Wildman–Crippen MR) is 120 cm³/mol. The minimum atomic E-state index is -4.25. The van der Waals surface area contributed by atoms with Crippen molar-refractivity contribution in [3.05, 3.63) is 92.9 Å². The number of sulfonamides is 1. The van der Waals surface area contributed by atoms with Gasteiger partial charge in [0.15, 0.2) is 0 Å². The molecular weight excluding hydrogens is 505 g/mol. The number of anilines is 1. The van der Waals surface area contributed by atoms with Gasteiger partial charge in [-0.3, -0.25) is 4.79 Å². The minimum absolute atomic E-state index is 0.144. The maximum Gasteiger partial charge on any atom is 0.243 e. The Bertz CT molecular complexity index is 1220. The molecule has 3 aromatic carbocycles. The summed E-state index contributed by atoms with van der Waals surface area (Å²) < 4.78 is 55.1. The molecule has 0 saturated heterocycles. The summed E-state index contributed by atoms with van der Waals surface area (Å²) in [5, 5.41) is 2.77. The first-order valence-corrected chi connectivity index (χ1v) is 11.6. The van der Waals surface area contributed by atoms with Gasteiger partial charge in [-0.25, -0.2) is 17.2 Å². The lowest BCUT2D eigenvalue weighted by Gasteiger charge is -2.23. The van der Waals surface area contributed by atoms with Gasteiger partial charge in [0.25, 0.3) is 0 Å². The molecule has 0 aliphatic rings. The fourth-order valence-corrected chi connectivity index (χ4v) is 4.80. The van der Waals surface area contributed by atoms with Crippen molar-refractivity contribution >= 4 is 56.4 Å². The van der Waals surface area contributed by atoms with Gasteiger partial charge in [-0.2, -0.15) is 4.31 Å². The van der Waals surface area contributed by atoms with E-state index in [2.05, 4.69) is 5.32 Å². The van der Waals surface area contributed by atoms with Crippen molar-refractivity contribution in [1.82, 2.24) is 4.31 Å². The van der Waals surface area contributed by atoms with E-state index in [1.165, 1.54) is 36.4 Å². The number of para-hydroxylation sites is 1. The molecule has 168 valence electrons. The van der Waals surface area contributed by atoms with Gasteiger partial charge in [0.1, 0.15) is 17.3 Å². The van der Waals surface area contributed by atoms with Crippen LogP contribution in [0.5, 0.6) is 0 Å². The molecule has 1 N–H and O–H groups in total. The average Bonchev–Trinajstić information content (AvgIpc) is 2.73. The molecule has 3 aromatic rings. The molecule has 0 unspecified atom stereocenters. The molecule has 0 aromatic heterocycles. The van der Waals surface area contributed by atoms with Gasteiger partial charge in [-0.1, -0.05) is 46.9 Å². The van der Waals surface area contributed by atoms with Gasteiger partial charge in [-0.15, -0.1) is 0 Å². The summed E-state index contributed by atoms with van der Waals surface area (Å²) in [5.41, 5.74) is -0.421. The molecule has 0 radical (unpaired) electrons. The molecule has 32 heavy (non-hydrogen) atoms. The summed E-state index contributed by atoms with van der Waals surface area (Å²) in [6.07, 6.45) is 0. The van der Waals surface area contributed by atoms with Gasteiger partial charge < -0.3 is 5.32 Å². The number of carbonyl (C=O) groups excluding carboxylic acids is 1. The molecule has 0 fully saturated rings. The van der Waals surface area contributed by atoms with E-state index in [9.17, 15) is 22.0 Å². The molecule has 0 saturated carbocycles. The summed E-state index contributed by atoms with van der Waals surface area (Å²) in [5.74, 6) is -2.96. The third-order valence-electron chi connectivity index (χ3n) is 4.39. The van der Waals surface area contributed by atoms with Gasteiger partial charge >= 0.3 is 0 Å². The molecule has 11 heteroatoms. The fourth-order valence-electron chi connectivity index (χ4n) is 2.80. The highest BCUT2D eigenvalue weighted by Crippen LogP contribution is 2.28. The largest absolute Gasteiger partial charge is 0.320 e. The van der Waals surface area contributed by atoms with Crippen LogP contribution in [0.15, 0.2) is 65.6 Å². The second-order valence-electron chi connectivity index (χ2n) is 6.57. The molecule has 0 spiro atoms. The molecule has 3 rings (SSSR count). The third kappa shape index (κ3) is 5.57. The molecular formula is C21H15Cl3F2N2O3S. The molecule has 0 aliphatic carbocycles. The van der Waals surface area contributed by atoms with E-state index in [0.29, 0.717) is 5.02 Å². The number of rotatable bonds is 7. The van der Waals surface area contributed by atoms with Crippen molar-refractivity contribution in [2.75, 3.05) is 11.9 Å². The fraction of sp³-hybridized carbons (Fsp3) is 0.0952. The van der Waals surface area contributed by atoms with Crippen LogP contribution in [-0.4, -0.2) is 25.2 Å². The summed E-state index contributed by atoms with van der Waals surface area (Å²) in [7, 11) is -4.25. The lowest BCUT2D eigenvalue weighted by molar-refractivity contribution is -0.116. The van der Waals surface area contributed by atoms with Gasteiger partial charge in [0.05, 0.1) is 11.4 Å². The average molecular weight is 520 g/mol. The Balaban J connectivity index is 1.96. The van der Waals surface area contributed by atoms with E-state index in [-0.39, 0.29) is 27.0 Å². The monoisotopic (exact) mass is 518 g/mol. The summed E-state index contributed by atoms with van der Waals surface area (Å²) in [6.45, 7) is -1.13. The summed E-state index contributed by atoms with van der Waals surface area (Å²) in [4.78, 5) is 12.4. The standard InChI is InChI=1S/C21H15Cl3F2N2O3S/c22-13-7-9-14(10-8-13)32(30,31)28(11-15-16(23)3-1-4-17(15)24)12-20(29)27-21-18(25)5-2-6-19(21)26/h1-10H,11-12H2,(H,27,29). The number of amides is 1. The second kappa shape index (κ2) is 10.1. The number of nitrogens with one attached hydrogen (secondary N) is 1. The van der Waals surface area contributed by atoms with Crippen molar-refractivity contribution in [2.24, 2.45) is 0 Å². The molecule has 1 amide bonds. The first-order valence-electron chi connectivity index (χ1n) is 9.02.